The summed E-state index contributed by atoms with van der Waals surface area (Å²) in [7, 11) is -4.15. The highest BCUT2D eigenvalue weighted by Crippen LogP contribution is 2.35. The second-order valence-electron chi connectivity index (χ2n) is 10.1. The van der Waals surface area contributed by atoms with Crippen LogP contribution in [0.15, 0.2) is 30.3 Å². The molecular formula is C29H53O5P. The Kier molecular flexibility index (Phi) is 19.7. The first-order valence-electron chi connectivity index (χ1n) is 14.2. The molecule has 0 spiro atoms. The van der Waals surface area contributed by atoms with Crippen LogP contribution in [-0.4, -0.2) is 28.8 Å². The predicted octanol–water partition coefficient (Wildman–Crippen LogP) is 8.94. The van der Waals surface area contributed by atoms with E-state index in [2.05, 4.69) is 6.92 Å². The highest BCUT2D eigenvalue weighted by atomic mass is 31.2. The molecule has 1 rings (SSSR count). The summed E-state index contributed by atoms with van der Waals surface area (Å²) in [5, 5.41) is 0. The smallest absolute Gasteiger partial charge is 0.350 e. The van der Waals surface area contributed by atoms with Gasteiger partial charge < -0.3 is 19.3 Å². The molecule has 0 aromatic heterocycles. The topological polar surface area (TPSA) is 76.0 Å². The summed E-state index contributed by atoms with van der Waals surface area (Å²) in [5.74, 6) is 0. The Morgan fingerprint density at radius 1 is 0.714 bits per heavy atom. The van der Waals surface area contributed by atoms with Gasteiger partial charge in [-0.3, -0.25) is 4.57 Å². The van der Waals surface area contributed by atoms with E-state index in [1.165, 1.54) is 96.3 Å². The maximum atomic E-state index is 11.1. The summed E-state index contributed by atoms with van der Waals surface area (Å²) in [6, 6.07) is 10.0. The highest BCUT2D eigenvalue weighted by molar-refractivity contribution is 7.51. The van der Waals surface area contributed by atoms with Crippen molar-refractivity contribution in [3.63, 3.8) is 0 Å². The molecule has 204 valence electrons. The quantitative estimate of drug-likeness (QED) is 0.107. The van der Waals surface area contributed by atoms with Crippen LogP contribution in [0.3, 0.4) is 0 Å². The summed E-state index contributed by atoms with van der Waals surface area (Å²) in [6.07, 6.45) is 21.2. The molecule has 6 heteroatoms. The van der Waals surface area contributed by atoms with Crippen molar-refractivity contribution in [3.8, 4) is 0 Å². The summed E-state index contributed by atoms with van der Waals surface area (Å²) in [5.41, 5.74) is 1.08. The van der Waals surface area contributed by atoms with Crippen LogP contribution < -0.4 is 0 Å². The minimum absolute atomic E-state index is 0.126. The fraction of sp³-hybridized carbons (Fsp3) is 0.793. The molecule has 0 amide bonds. The fourth-order valence-corrected chi connectivity index (χ4v) is 4.89. The number of unbranched alkanes of at least 4 members (excludes halogenated alkanes) is 15. The Labute approximate surface area is 215 Å². The van der Waals surface area contributed by atoms with Crippen molar-refractivity contribution >= 4 is 7.60 Å². The Balaban J connectivity index is 2.06. The van der Waals surface area contributed by atoms with Gasteiger partial charge in [-0.2, -0.15) is 0 Å². The van der Waals surface area contributed by atoms with Gasteiger partial charge in [-0.05, 0) is 18.9 Å². The molecule has 1 aromatic rings. The Hall–Kier alpha value is -0.710. The largest absolute Gasteiger partial charge is 0.373 e. The minimum atomic E-state index is -4.15. The van der Waals surface area contributed by atoms with Gasteiger partial charge in [-0.25, -0.2) is 0 Å². The zero-order chi connectivity index (χ0) is 25.6. The summed E-state index contributed by atoms with van der Waals surface area (Å²) >= 11 is 0. The number of hydrogen-bond donors (Lipinski definition) is 2. The van der Waals surface area contributed by atoms with Crippen LogP contribution in [0.2, 0.25) is 0 Å². The monoisotopic (exact) mass is 512 g/mol. The third-order valence-corrected chi connectivity index (χ3v) is 7.05. The fourth-order valence-electron chi connectivity index (χ4n) is 4.44. The molecule has 0 heterocycles. The van der Waals surface area contributed by atoms with Crippen molar-refractivity contribution in [2.24, 2.45) is 0 Å². The third kappa shape index (κ3) is 20.1. The van der Waals surface area contributed by atoms with E-state index in [1.54, 1.807) is 0 Å². The molecule has 2 atom stereocenters. The number of ether oxygens (including phenoxy) is 2. The predicted molar refractivity (Wildman–Crippen MR) is 147 cm³/mol. The van der Waals surface area contributed by atoms with Crippen molar-refractivity contribution in [1.82, 2.24) is 0 Å². The first-order chi connectivity index (χ1) is 16.9. The van der Waals surface area contributed by atoms with E-state index >= 15 is 0 Å². The second kappa shape index (κ2) is 21.4. The standard InChI is InChI=1S/C29H53O5P/c1-3-4-5-6-7-8-9-10-11-12-13-14-15-16-17-21-24-33-29(28-22-19-18-20-23-28)25-27(2)34-26-35(30,31)32/h18-20,22-23,27,29H,3-17,21,24-26H2,1-2H3,(H2,30,31,32). The van der Waals surface area contributed by atoms with E-state index in [0.29, 0.717) is 13.0 Å². The molecule has 0 saturated heterocycles. The molecule has 0 bridgehead atoms. The summed E-state index contributed by atoms with van der Waals surface area (Å²) in [6.45, 7) is 4.81. The normalized spacial score (nSPS) is 13.7. The Morgan fingerprint density at radius 2 is 1.17 bits per heavy atom. The van der Waals surface area contributed by atoms with Gasteiger partial charge in [0.1, 0.15) is 6.35 Å². The van der Waals surface area contributed by atoms with Gasteiger partial charge in [0.25, 0.3) is 0 Å². The van der Waals surface area contributed by atoms with Crippen LogP contribution in [0, 0.1) is 0 Å². The molecule has 2 N–H and O–H groups in total. The number of benzene rings is 1. The average Bonchev–Trinajstić information content (AvgIpc) is 2.84. The zero-order valence-corrected chi connectivity index (χ0v) is 23.4. The third-order valence-electron chi connectivity index (χ3n) is 6.56. The van der Waals surface area contributed by atoms with Gasteiger partial charge in [0.2, 0.25) is 0 Å². The van der Waals surface area contributed by atoms with Crippen molar-refractivity contribution in [2.45, 2.75) is 135 Å². The first kappa shape index (κ1) is 32.3. The zero-order valence-electron chi connectivity index (χ0n) is 22.5. The van der Waals surface area contributed by atoms with E-state index in [9.17, 15) is 4.57 Å². The van der Waals surface area contributed by atoms with Crippen LogP contribution in [0.4, 0.5) is 0 Å². The highest BCUT2D eigenvalue weighted by Gasteiger charge is 2.20. The lowest BCUT2D eigenvalue weighted by molar-refractivity contribution is -0.00488. The molecule has 0 fully saturated rings. The average molecular weight is 513 g/mol. The van der Waals surface area contributed by atoms with Gasteiger partial charge in [0, 0.05) is 13.0 Å². The first-order valence-corrected chi connectivity index (χ1v) is 16.0. The van der Waals surface area contributed by atoms with Crippen molar-refractivity contribution in [2.75, 3.05) is 13.0 Å². The lowest BCUT2D eigenvalue weighted by Gasteiger charge is -2.22. The molecule has 1 aromatic carbocycles. The minimum Gasteiger partial charge on any atom is -0.373 e. The Bertz CT molecular complexity index is 633. The van der Waals surface area contributed by atoms with E-state index in [4.69, 9.17) is 19.3 Å². The van der Waals surface area contributed by atoms with Crippen LogP contribution in [0.5, 0.6) is 0 Å². The van der Waals surface area contributed by atoms with E-state index in [-0.39, 0.29) is 12.2 Å². The van der Waals surface area contributed by atoms with Gasteiger partial charge in [0.15, 0.2) is 0 Å². The Morgan fingerprint density at radius 3 is 1.63 bits per heavy atom. The van der Waals surface area contributed by atoms with Crippen molar-refractivity contribution < 1.29 is 23.8 Å². The molecule has 0 aliphatic rings. The van der Waals surface area contributed by atoms with E-state index in [0.717, 1.165) is 12.0 Å². The molecule has 5 nitrogen and oxygen atoms in total. The van der Waals surface area contributed by atoms with Crippen LogP contribution in [0.25, 0.3) is 0 Å². The summed E-state index contributed by atoms with van der Waals surface area (Å²) in [4.78, 5) is 18.1. The molecule has 0 aliphatic heterocycles. The van der Waals surface area contributed by atoms with E-state index in [1.807, 2.05) is 37.3 Å². The van der Waals surface area contributed by atoms with Gasteiger partial charge >= 0.3 is 7.60 Å². The number of hydrogen-bond acceptors (Lipinski definition) is 3. The van der Waals surface area contributed by atoms with Crippen molar-refractivity contribution in [3.05, 3.63) is 35.9 Å². The lowest BCUT2D eigenvalue weighted by Crippen LogP contribution is -2.17. The number of rotatable bonds is 24. The molecule has 0 saturated carbocycles. The van der Waals surface area contributed by atoms with Crippen LogP contribution >= 0.6 is 7.60 Å². The van der Waals surface area contributed by atoms with Crippen molar-refractivity contribution in [1.29, 1.82) is 0 Å². The molecule has 35 heavy (non-hydrogen) atoms. The van der Waals surface area contributed by atoms with E-state index < -0.39 is 13.9 Å². The van der Waals surface area contributed by atoms with Gasteiger partial charge in [0.05, 0.1) is 12.2 Å². The SMILES string of the molecule is CCCCCCCCCCCCCCCCCCOC(CC(C)OCP(=O)(O)O)c1ccccc1. The van der Waals surface area contributed by atoms with Crippen LogP contribution in [-0.2, 0) is 14.0 Å². The summed E-state index contributed by atoms with van der Waals surface area (Å²) < 4.78 is 22.6. The van der Waals surface area contributed by atoms with Gasteiger partial charge in [-0.15, -0.1) is 0 Å². The second-order valence-corrected chi connectivity index (χ2v) is 11.7. The van der Waals surface area contributed by atoms with Gasteiger partial charge in [-0.1, -0.05) is 134 Å². The maximum Gasteiger partial charge on any atom is 0.350 e. The molecule has 0 radical (unpaired) electrons. The van der Waals surface area contributed by atoms with Crippen LogP contribution in [0.1, 0.15) is 135 Å². The lowest BCUT2D eigenvalue weighted by atomic mass is 10.0. The molecule has 0 aliphatic carbocycles. The molecule has 2 unspecified atom stereocenters. The molecular weight excluding hydrogens is 459 g/mol. The maximum absolute atomic E-state index is 11.1.